The molecule has 0 bridgehead atoms. The van der Waals surface area contributed by atoms with Crippen molar-refractivity contribution in [3.8, 4) is 0 Å². The summed E-state index contributed by atoms with van der Waals surface area (Å²) in [6.45, 7) is 4.82. The highest BCUT2D eigenvalue weighted by Gasteiger charge is 2.58. The van der Waals surface area contributed by atoms with Crippen molar-refractivity contribution in [1.29, 1.82) is 0 Å². The average Bonchev–Trinajstić information content (AvgIpc) is 3.12. The normalized spacial score (nSPS) is 42.3. The summed E-state index contributed by atoms with van der Waals surface area (Å²) in [4.78, 5) is 17.9. The smallest absolute Gasteiger partial charge is 0.141 e. The van der Waals surface area contributed by atoms with Crippen LogP contribution >= 0.6 is 11.6 Å². The molecule has 4 saturated carbocycles. The van der Waals surface area contributed by atoms with E-state index in [2.05, 4.69) is 11.9 Å². The largest absolute Gasteiger partial charge is 0.387 e. The fraction of sp³-hybridized carbons (Fsp3) is 0.786. The molecular weight excluding hydrogens is 434 g/mol. The van der Waals surface area contributed by atoms with E-state index in [1.54, 1.807) is 7.11 Å². The Labute approximate surface area is 203 Å². The monoisotopic (exact) mass is 473 g/mol. The first kappa shape index (κ1) is 23.8. The maximum atomic E-state index is 13.5. The summed E-state index contributed by atoms with van der Waals surface area (Å²) in [7, 11) is 1.70. The third kappa shape index (κ3) is 4.19. The van der Waals surface area contributed by atoms with Crippen molar-refractivity contribution in [3.05, 3.63) is 28.5 Å². The lowest BCUT2D eigenvalue weighted by atomic mass is 9.49. The minimum atomic E-state index is -0.622. The first-order valence-electron chi connectivity index (χ1n) is 13.1. The Morgan fingerprint density at radius 1 is 1.12 bits per heavy atom. The van der Waals surface area contributed by atoms with E-state index in [1.165, 1.54) is 32.1 Å². The second kappa shape index (κ2) is 8.91. The van der Waals surface area contributed by atoms with Crippen LogP contribution in [0.5, 0.6) is 0 Å². The Hall–Kier alpha value is -0.970. The number of ether oxygens (including phenoxy) is 1. The van der Waals surface area contributed by atoms with Gasteiger partial charge in [0.15, 0.2) is 0 Å². The molecule has 0 saturated heterocycles. The van der Waals surface area contributed by atoms with Gasteiger partial charge in [0.2, 0.25) is 0 Å². The second-order valence-electron chi connectivity index (χ2n) is 12.1. The van der Waals surface area contributed by atoms with Crippen LogP contribution in [0.1, 0.15) is 76.0 Å². The molecule has 0 spiro atoms. The summed E-state index contributed by atoms with van der Waals surface area (Å²) in [5.41, 5.74) is 1.27. The number of hydrogen-bond acceptors (Lipinski definition) is 4. The highest BCUT2D eigenvalue weighted by Crippen LogP contribution is 2.64. The summed E-state index contributed by atoms with van der Waals surface area (Å²) in [6.07, 6.45) is 10.5. The van der Waals surface area contributed by atoms with Gasteiger partial charge in [0, 0.05) is 25.1 Å². The van der Waals surface area contributed by atoms with E-state index in [1.807, 2.05) is 19.1 Å². The molecule has 4 aliphatic rings. The predicted octanol–water partition coefficient (Wildman–Crippen LogP) is 5.80. The van der Waals surface area contributed by atoms with Crippen LogP contribution in [0.3, 0.4) is 0 Å². The van der Waals surface area contributed by atoms with E-state index in [-0.39, 0.29) is 11.3 Å². The topological polar surface area (TPSA) is 59.4 Å². The summed E-state index contributed by atoms with van der Waals surface area (Å²) in [6, 6.07) is 3.93. The molecule has 0 aromatic carbocycles. The number of aromatic nitrogens is 1. The van der Waals surface area contributed by atoms with Crippen LogP contribution in [0.15, 0.2) is 12.1 Å². The Kier molecular flexibility index (Phi) is 6.42. The number of halogens is 1. The zero-order chi connectivity index (χ0) is 23.4. The number of rotatable bonds is 5. The van der Waals surface area contributed by atoms with Gasteiger partial charge in [-0.2, -0.15) is 0 Å². The summed E-state index contributed by atoms with van der Waals surface area (Å²) >= 11 is 6.36. The molecule has 33 heavy (non-hydrogen) atoms. The molecule has 0 amide bonds. The van der Waals surface area contributed by atoms with Gasteiger partial charge in [-0.1, -0.05) is 24.6 Å². The Bertz CT molecular complexity index is 905. The third-order valence-corrected chi connectivity index (χ3v) is 10.7. The zero-order valence-electron chi connectivity index (χ0n) is 20.5. The number of carbonyl (C=O) groups excluding carboxylic acids is 1. The van der Waals surface area contributed by atoms with E-state index < -0.39 is 5.60 Å². The number of pyridine rings is 1. The van der Waals surface area contributed by atoms with E-state index >= 15 is 0 Å². The van der Waals surface area contributed by atoms with Crippen LogP contribution in [-0.2, 0) is 16.0 Å². The number of hydrogen-bond donors (Lipinski definition) is 1. The van der Waals surface area contributed by atoms with E-state index in [0.717, 1.165) is 54.7 Å². The quantitative estimate of drug-likeness (QED) is 0.549. The van der Waals surface area contributed by atoms with Crippen molar-refractivity contribution >= 4 is 17.4 Å². The number of aliphatic hydroxyl groups is 1. The third-order valence-electron chi connectivity index (χ3n) is 10.3. The molecule has 0 unspecified atom stereocenters. The van der Waals surface area contributed by atoms with Gasteiger partial charge in [0.25, 0.3) is 0 Å². The van der Waals surface area contributed by atoms with Gasteiger partial charge < -0.3 is 9.84 Å². The van der Waals surface area contributed by atoms with Crippen LogP contribution in [0.4, 0.5) is 0 Å². The van der Waals surface area contributed by atoms with Crippen LogP contribution in [0, 0.1) is 47.8 Å². The maximum Gasteiger partial charge on any atom is 0.141 e. The predicted molar refractivity (Wildman–Crippen MR) is 130 cm³/mol. The van der Waals surface area contributed by atoms with E-state index in [4.69, 9.17) is 16.3 Å². The highest BCUT2D eigenvalue weighted by atomic mass is 35.5. The molecule has 1 N–H and O–H groups in total. The fourth-order valence-corrected chi connectivity index (χ4v) is 9.15. The zero-order valence-corrected chi connectivity index (χ0v) is 21.2. The molecule has 0 radical (unpaired) electrons. The van der Waals surface area contributed by atoms with Gasteiger partial charge in [0.05, 0.1) is 12.2 Å². The van der Waals surface area contributed by atoms with Crippen molar-refractivity contribution in [2.24, 2.45) is 40.9 Å². The molecule has 0 aliphatic heterocycles. The molecule has 5 rings (SSSR count). The van der Waals surface area contributed by atoms with Gasteiger partial charge in [-0.05, 0) is 111 Å². The lowest BCUT2D eigenvalue weighted by Crippen LogP contribution is -2.52. The maximum absolute atomic E-state index is 13.5. The lowest BCUT2D eigenvalue weighted by Gasteiger charge is -2.57. The van der Waals surface area contributed by atoms with Gasteiger partial charge in [0.1, 0.15) is 10.9 Å². The minimum absolute atomic E-state index is 0.126. The fourth-order valence-electron chi connectivity index (χ4n) is 8.89. The molecule has 1 aromatic heterocycles. The van der Waals surface area contributed by atoms with Crippen LogP contribution in [-0.4, -0.2) is 35.2 Å². The SMILES string of the molecule is COC[C@@]1(O)CC[C@H]2[C@H](CC[C@@H]3[C@@H]2CC[C@]2(C)[C@@H](C(=O)Cc4ccc(C)nc4Cl)CC[C@@H]32)C1. The Morgan fingerprint density at radius 3 is 2.67 bits per heavy atom. The van der Waals surface area contributed by atoms with Crippen LogP contribution < -0.4 is 0 Å². The summed E-state index contributed by atoms with van der Waals surface area (Å²) in [5, 5.41) is 11.5. The lowest BCUT2D eigenvalue weighted by molar-refractivity contribution is -0.135. The van der Waals surface area contributed by atoms with Crippen molar-refractivity contribution < 1.29 is 14.6 Å². The number of Topliss-reactive ketones (excluding diaryl/α,β-unsaturated/α-hetero) is 1. The Morgan fingerprint density at radius 2 is 1.91 bits per heavy atom. The summed E-state index contributed by atoms with van der Waals surface area (Å²) < 4.78 is 5.34. The number of fused-ring (bicyclic) bond motifs is 5. The van der Waals surface area contributed by atoms with Gasteiger partial charge in [-0.15, -0.1) is 0 Å². The van der Waals surface area contributed by atoms with Crippen molar-refractivity contribution in [2.45, 2.75) is 83.7 Å². The Balaban J connectivity index is 1.29. The van der Waals surface area contributed by atoms with Crippen molar-refractivity contribution in [3.63, 3.8) is 0 Å². The number of methoxy groups -OCH3 is 1. The molecule has 8 atom stereocenters. The first-order chi connectivity index (χ1) is 15.7. The molecule has 4 aliphatic carbocycles. The van der Waals surface area contributed by atoms with Gasteiger partial charge in [-0.3, -0.25) is 4.79 Å². The van der Waals surface area contributed by atoms with Crippen LogP contribution in [0.2, 0.25) is 5.15 Å². The van der Waals surface area contributed by atoms with Crippen LogP contribution in [0.25, 0.3) is 0 Å². The molecule has 1 aromatic rings. The second-order valence-corrected chi connectivity index (χ2v) is 12.4. The molecule has 1 heterocycles. The number of aryl methyl sites for hydroxylation is 1. The molecule has 182 valence electrons. The first-order valence-corrected chi connectivity index (χ1v) is 13.5. The van der Waals surface area contributed by atoms with E-state index in [9.17, 15) is 9.90 Å². The minimum Gasteiger partial charge on any atom is -0.387 e. The highest BCUT2D eigenvalue weighted by molar-refractivity contribution is 6.30. The average molecular weight is 474 g/mol. The standard InChI is InChI=1S/C28H40ClNO3/c1-17-4-5-18(26(29)30-17)14-25(31)24-9-8-23-22-7-6-19-15-28(32,16-33-3)13-11-20(19)21(22)10-12-27(23,24)2/h4-5,19-24,32H,6-16H2,1-3H3/t19-,20+,21-,22-,23+,24-,27+,28-/m1/s1. The number of ketones is 1. The molecule has 5 heteroatoms. The van der Waals surface area contributed by atoms with E-state index in [0.29, 0.717) is 35.8 Å². The van der Waals surface area contributed by atoms with Crippen molar-refractivity contribution in [1.82, 2.24) is 4.98 Å². The molecular formula is C28H40ClNO3. The molecule has 4 nitrogen and oxygen atoms in total. The van der Waals surface area contributed by atoms with Gasteiger partial charge >= 0.3 is 0 Å². The number of carbonyl (C=O) groups is 1. The van der Waals surface area contributed by atoms with Crippen molar-refractivity contribution in [2.75, 3.05) is 13.7 Å². The van der Waals surface area contributed by atoms with Gasteiger partial charge in [-0.25, -0.2) is 4.98 Å². The number of nitrogens with zero attached hydrogens (tertiary/aromatic N) is 1. The molecule has 4 fully saturated rings. The summed E-state index contributed by atoms with van der Waals surface area (Å²) in [5.74, 6) is 4.09.